The number of pyridine rings is 1. The van der Waals surface area contributed by atoms with Crippen LogP contribution in [0.1, 0.15) is 41.1 Å². The number of Topliss-reactive ketones (excluding diaryl/α,β-unsaturated/α-hetero) is 2. The van der Waals surface area contributed by atoms with E-state index in [9.17, 15) is 29.1 Å². The Morgan fingerprint density at radius 2 is 1.60 bits per heavy atom. The fourth-order valence-electron chi connectivity index (χ4n) is 2.40. The molecule has 3 aromatic heterocycles. The van der Waals surface area contributed by atoms with Crippen molar-refractivity contribution in [3.05, 3.63) is 46.4 Å². The van der Waals surface area contributed by atoms with Crippen LogP contribution in [0.5, 0.6) is 5.75 Å². The Hall–Kier alpha value is -3.59. The van der Waals surface area contributed by atoms with Crippen LogP contribution in [-0.2, 0) is 14.3 Å². The molecule has 0 bridgehead atoms. The summed E-state index contributed by atoms with van der Waals surface area (Å²) in [4.78, 5) is 73.4. The van der Waals surface area contributed by atoms with Gasteiger partial charge in [0.25, 0.3) is 5.56 Å². The van der Waals surface area contributed by atoms with E-state index in [1.807, 2.05) is 0 Å². The molecule has 1 amide bonds. The van der Waals surface area contributed by atoms with E-state index >= 15 is 0 Å². The number of amides is 1. The quantitative estimate of drug-likeness (QED) is 0.135. The molecule has 0 aliphatic rings. The average Bonchev–Trinajstić information content (AvgIpc) is 2.80. The number of nitrogens with one attached hydrogen (secondary N) is 2. The van der Waals surface area contributed by atoms with Crippen LogP contribution >= 0.6 is 0 Å². The molecule has 35 heavy (non-hydrogen) atoms. The summed E-state index contributed by atoms with van der Waals surface area (Å²) in [5.41, 5.74) is -0.782. The van der Waals surface area contributed by atoms with Crippen LogP contribution in [0.2, 0.25) is 0 Å². The molecule has 3 aromatic rings. The van der Waals surface area contributed by atoms with Crippen LogP contribution in [0.15, 0.2) is 29.6 Å². The summed E-state index contributed by atoms with van der Waals surface area (Å²) in [5.74, 6) is -2.51. The molecule has 3 N–H and O–H groups in total. The van der Waals surface area contributed by atoms with E-state index in [0.29, 0.717) is 0 Å². The second-order valence-electron chi connectivity index (χ2n) is 6.16. The number of hydrogen-bond donors (Lipinski definition) is 3. The predicted molar refractivity (Wildman–Crippen MR) is 115 cm³/mol. The monoisotopic (exact) mass is 496 g/mol. The number of carbonyl (C=O) groups is 4. The molecule has 0 aromatic carbocycles. The SMILES string of the molecule is CC(=O)c1c(O)c2nccnc2[nH]c1=O.COC(=O)c1nccnc1NC(=O)CC(C)=O.C[O-].[Na+]. The summed E-state index contributed by atoms with van der Waals surface area (Å²) < 4.78 is 4.48. The van der Waals surface area contributed by atoms with Crippen molar-refractivity contribution in [3.8, 4) is 5.75 Å². The Kier molecular flexibility index (Phi) is 13.8. The standard InChI is InChI=1S/C10H11N3O4.C9H7N3O3.CH3O.Na/c1-6(14)5-7(15)13-9-8(10(16)17-2)11-3-4-12-9;1-4(13)5-7(14)6-8(12-9(5)15)11-3-2-10-6;1-2;/h3-4H,5H2,1-2H3,(H,12,13,15);2-3H,1H3,(H2,11,12,14,15);1H3;/q;;-1;+1. The molecule has 14 nitrogen and oxygen atoms in total. The summed E-state index contributed by atoms with van der Waals surface area (Å²) in [7, 11) is 1.94. The summed E-state index contributed by atoms with van der Waals surface area (Å²) >= 11 is 0. The van der Waals surface area contributed by atoms with Gasteiger partial charge in [-0.1, -0.05) is 0 Å². The zero-order valence-electron chi connectivity index (χ0n) is 19.6. The second-order valence-corrected chi connectivity index (χ2v) is 6.16. The average molecular weight is 496 g/mol. The number of carbonyl (C=O) groups excluding carboxylic acids is 4. The fourth-order valence-corrected chi connectivity index (χ4v) is 2.40. The number of ether oxygens (including phenoxy) is 1. The molecular weight excluding hydrogens is 475 g/mol. The van der Waals surface area contributed by atoms with Gasteiger partial charge in [0.2, 0.25) is 5.91 Å². The van der Waals surface area contributed by atoms with Gasteiger partial charge in [-0.05, 0) is 13.8 Å². The van der Waals surface area contributed by atoms with Crippen LogP contribution in [0.25, 0.3) is 11.2 Å². The molecule has 3 rings (SSSR count). The van der Waals surface area contributed by atoms with E-state index in [4.69, 9.17) is 5.11 Å². The molecule has 0 aliphatic heterocycles. The van der Waals surface area contributed by atoms with Gasteiger partial charge in [0.15, 0.2) is 28.7 Å². The van der Waals surface area contributed by atoms with Crippen molar-refractivity contribution < 1.29 is 63.7 Å². The molecule has 0 unspecified atom stereocenters. The minimum Gasteiger partial charge on any atom is -0.857 e. The number of fused-ring (bicyclic) bond motifs is 1. The minimum absolute atomic E-state index is 0. The third-order valence-electron chi connectivity index (χ3n) is 3.71. The number of esters is 1. The first-order valence-electron chi connectivity index (χ1n) is 9.32. The number of aromatic nitrogens is 5. The minimum atomic E-state index is -0.712. The van der Waals surface area contributed by atoms with Gasteiger partial charge in [-0.2, -0.15) is 7.11 Å². The zero-order valence-corrected chi connectivity index (χ0v) is 21.6. The van der Waals surface area contributed by atoms with E-state index in [2.05, 4.69) is 35.0 Å². The van der Waals surface area contributed by atoms with E-state index in [1.165, 1.54) is 45.7 Å². The Balaban J connectivity index is 0.000000603. The summed E-state index contributed by atoms with van der Waals surface area (Å²) in [6.07, 6.45) is 5.08. The first-order chi connectivity index (χ1) is 16.1. The van der Waals surface area contributed by atoms with Crippen molar-refractivity contribution in [2.45, 2.75) is 20.3 Å². The number of hydrogen-bond acceptors (Lipinski definition) is 12. The first-order valence-corrected chi connectivity index (χ1v) is 9.32. The molecule has 0 spiro atoms. The molecule has 0 atom stereocenters. The molecule has 0 saturated heterocycles. The number of nitrogens with zero attached hydrogens (tertiary/aromatic N) is 4. The van der Waals surface area contributed by atoms with Gasteiger partial charge >= 0.3 is 35.5 Å². The molecular formula is C20H21N6NaO8. The van der Waals surface area contributed by atoms with Crippen molar-refractivity contribution in [3.63, 3.8) is 0 Å². The van der Waals surface area contributed by atoms with E-state index < -0.39 is 29.0 Å². The Morgan fingerprint density at radius 3 is 2.17 bits per heavy atom. The predicted octanol–water partition coefficient (Wildman–Crippen LogP) is -3.61. The van der Waals surface area contributed by atoms with Gasteiger partial charge in [0.1, 0.15) is 16.9 Å². The second kappa shape index (κ2) is 15.3. The van der Waals surface area contributed by atoms with Crippen molar-refractivity contribution in [1.82, 2.24) is 24.9 Å². The van der Waals surface area contributed by atoms with Crippen molar-refractivity contribution in [2.75, 3.05) is 19.5 Å². The van der Waals surface area contributed by atoms with Crippen LogP contribution < -0.4 is 45.5 Å². The van der Waals surface area contributed by atoms with Crippen LogP contribution in [0, 0.1) is 0 Å². The number of H-pyrrole nitrogens is 1. The third kappa shape index (κ3) is 8.94. The Morgan fingerprint density at radius 1 is 1.03 bits per heavy atom. The van der Waals surface area contributed by atoms with Gasteiger partial charge in [-0.15, -0.1) is 0 Å². The largest absolute Gasteiger partial charge is 1.00 e. The Labute approximate surface area is 220 Å². The smallest absolute Gasteiger partial charge is 0.857 e. The van der Waals surface area contributed by atoms with Crippen LogP contribution in [-0.4, -0.2) is 67.7 Å². The molecule has 0 radical (unpaired) electrons. The van der Waals surface area contributed by atoms with E-state index in [-0.39, 0.29) is 70.0 Å². The first kappa shape index (κ1) is 31.4. The maximum Gasteiger partial charge on any atom is 1.00 e. The summed E-state index contributed by atoms with van der Waals surface area (Å²) in [5, 5.41) is 20.2. The van der Waals surface area contributed by atoms with Crippen molar-refractivity contribution in [1.29, 1.82) is 0 Å². The maximum atomic E-state index is 11.4. The normalized spacial score (nSPS) is 9.29. The third-order valence-corrected chi connectivity index (χ3v) is 3.71. The van der Waals surface area contributed by atoms with Gasteiger partial charge in [-0.25, -0.2) is 24.7 Å². The zero-order chi connectivity index (χ0) is 25.8. The van der Waals surface area contributed by atoms with Crippen molar-refractivity contribution in [2.24, 2.45) is 0 Å². The van der Waals surface area contributed by atoms with Crippen LogP contribution in [0.4, 0.5) is 5.82 Å². The summed E-state index contributed by atoms with van der Waals surface area (Å²) in [6, 6.07) is 0. The van der Waals surface area contributed by atoms with Gasteiger partial charge in [0, 0.05) is 24.8 Å². The fraction of sp³-hybridized carbons (Fsp3) is 0.250. The summed E-state index contributed by atoms with van der Waals surface area (Å²) in [6.45, 7) is 2.49. The molecule has 15 heteroatoms. The number of anilines is 1. The number of ketones is 2. The maximum absolute atomic E-state index is 11.4. The number of methoxy groups -OCH3 is 1. The van der Waals surface area contributed by atoms with E-state index in [1.54, 1.807) is 0 Å². The molecule has 0 saturated carbocycles. The van der Waals surface area contributed by atoms with Crippen LogP contribution in [0.3, 0.4) is 0 Å². The van der Waals surface area contributed by atoms with Gasteiger partial charge in [-0.3, -0.25) is 19.2 Å². The molecule has 3 heterocycles. The van der Waals surface area contributed by atoms with Gasteiger partial charge in [0.05, 0.1) is 13.5 Å². The molecule has 180 valence electrons. The molecule has 0 fully saturated rings. The Bertz CT molecular complexity index is 1260. The number of aromatic hydroxyl groups is 1. The topological polar surface area (TPSA) is 217 Å². The van der Waals surface area contributed by atoms with E-state index in [0.717, 1.165) is 7.11 Å². The van der Waals surface area contributed by atoms with Crippen molar-refractivity contribution >= 4 is 40.4 Å². The van der Waals surface area contributed by atoms with Gasteiger partial charge < -0.3 is 25.3 Å². The number of rotatable bonds is 5. The number of aromatic amines is 1. The molecule has 0 aliphatic carbocycles.